The maximum atomic E-state index is 12.9. The van der Waals surface area contributed by atoms with Crippen molar-refractivity contribution >= 4 is 22.4 Å². The highest BCUT2D eigenvalue weighted by Gasteiger charge is 2.26. The molecule has 6 heteroatoms. The van der Waals surface area contributed by atoms with Gasteiger partial charge in [-0.1, -0.05) is 41.9 Å². The van der Waals surface area contributed by atoms with Crippen molar-refractivity contribution in [1.29, 1.82) is 0 Å². The molecular formula is C21H23Cl2N3O. The molecule has 1 saturated heterocycles. The van der Waals surface area contributed by atoms with Gasteiger partial charge in [0.05, 0.1) is 31.2 Å². The number of benzene rings is 2. The largest absolute Gasteiger partial charge is 1.00 e. The zero-order valence-corrected chi connectivity index (χ0v) is 16.8. The molecule has 4 nitrogen and oxygen atoms in total. The van der Waals surface area contributed by atoms with Gasteiger partial charge in [-0.25, -0.2) is 4.68 Å². The fourth-order valence-electron chi connectivity index (χ4n) is 3.89. The van der Waals surface area contributed by atoms with Crippen LogP contribution in [0.25, 0.3) is 10.8 Å². The summed E-state index contributed by atoms with van der Waals surface area (Å²) >= 11 is 6.00. The predicted molar refractivity (Wildman–Crippen MR) is 105 cm³/mol. The van der Waals surface area contributed by atoms with Gasteiger partial charge in [0.25, 0.3) is 5.56 Å². The van der Waals surface area contributed by atoms with Crippen molar-refractivity contribution in [2.45, 2.75) is 31.8 Å². The molecule has 1 aliphatic rings. The number of halogens is 2. The quantitative estimate of drug-likeness (QED) is 0.626. The van der Waals surface area contributed by atoms with E-state index in [1.165, 1.54) is 17.9 Å². The third-order valence-corrected chi connectivity index (χ3v) is 5.69. The Morgan fingerprint density at radius 1 is 1.15 bits per heavy atom. The average molecular weight is 404 g/mol. The van der Waals surface area contributed by atoms with E-state index < -0.39 is 0 Å². The van der Waals surface area contributed by atoms with Crippen LogP contribution in [0.2, 0.25) is 5.02 Å². The standard InChI is InChI=1S/C21H22ClN3O.ClH/c1-24-12-4-5-17(24)14-25-21(26)19-7-3-2-6-18(19)20(23-25)13-15-8-10-16(22)11-9-15;/h2-3,6-11,17H,4-5,12-14H2,1H3;1H. The minimum Gasteiger partial charge on any atom is -1.00 e. The third kappa shape index (κ3) is 4.18. The maximum Gasteiger partial charge on any atom is 0.274 e. The van der Waals surface area contributed by atoms with Gasteiger partial charge in [0.15, 0.2) is 0 Å². The van der Waals surface area contributed by atoms with E-state index in [4.69, 9.17) is 16.7 Å². The van der Waals surface area contributed by atoms with E-state index in [0.717, 1.165) is 33.5 Å². The number of quaternary nitrogens is 1. The van der Waals surface area contributed by atoms with E-state index in [1.807, 2.05) is 48.5 Å². The number of fused-ring (bicyclic) bond motifs is 1. The number of likely N-dealkylation sites (tertiary alicyclic amines) is 1. The molecule has 142 valence electrons. The maximum absolute atomic E-state index is 12.9. The second-order valence-electron chi connectivity index (χ2n) is 7.22. The molecule has 0 saturated carbocycles. The normalized spacial score (nSPS) is 19.2. The molecule has 0 aliphatic carbocycles. The van der Waals surface area contributed by atoms with Crippen molar-refractivity contribution in [3.05, 3.63) is 75.2 Å². The van der Waals surface area contributed by atoms with E-state index in [0.29, 0.717) is 19.0 Å². The van der Waals surface area contributed by atoms with Crippen molar-refractivity contribution in [2.24, 2.45) is 0 Å². The lowest BCUT2D eigenvalue weighted by Gasteiger charge is -2.18. The predicted octanol–water partition coefficient (Wildman–Crippen LogP) is -0.678. The minimum atomic E-state index is 0. The number of hydrogen-bond donors (Lipinski definition) is 1. The Labute approximate surface area is 170 Å². The summed E-state index contributed by atoms with van der Waals surface area (Å²) in [5.41, 5.74) is 2.10. The van der Waals surface area contributed by atoms with Crippen LogP contribution in [0.3, 0.4) is 0 Å². The molecule has 2 aromatic carbocycles. The van der Waals surface area contributed by atoms with E-state index in [-0.39, 0.29) is 18.0 Å². The van der Waals surface area contributed by atoms with Crippen LogP contribution >= 0.6 is 11.6 Å². The Morgan fingerprint density at radius 2 is 1.85 bits per heavy atom. The number of nitrogens with zero attached hydrogens (tertiary/aromatic N) is 2. The van der Waals surface area contributed by atoms with Gasteiger partial charge in [0, 0.05) is 29.7 Å². The molecule has 1 fully saturated rings. The molecule has 2 atom stereocenters. The molecule has 0 bridgehead atoms. The van der Waals surface area contributed by atoms with Crippen molar-refractivity contribution in [3.8, 4) is 0 Å². The van der Waals surface area contributed by atoms with Gasteiger partial charge in [-0.15, -0.1) is 0 Å². The zero-order chi connectivity index (χ0) is 18.1. The zero-order valence-electron chi connectivity index (χ0n) is 15.3. The highest BCUT2D eigenvalue weighted by atomic mass is 35.5. The van der Waals surface area contributed by atoms with Gasteiger partial charge in [-0.05, 0) is 23.8 Å². The Kier molecular flexibility index (Phi) is 6.20. The van der Waals surface area contributed by atoms with Gasteiger partial charge in [0.1, 0.15) is 6.04 Å². The molecule has 1 aliphatic heterocycles. The first kappa shape index (κ1) is 19.9. The smallest absolute Gasteiger partial charge is 0.274 e. The Morgan fingerprint density at radius 3 is 2.52 bits per heavy atom. The Bertz CT molecular complexity index is 985. The lowest BCUT2D eigenvalue weighted by molar-refractivity contribution is -0.893. The summed E-state index contributed by atoms with van der Waals surface area (Å²) in [4.78, 5) is 14.4. The van der Waals surface area contributed by atoms with Crippen molar-refractivity contribution in [1.82, 2.24) is 9.78 Å². The summed E-state index contributed by atoms with van der Waals surface area (Å²) in [7, 11) is 2.21. The van der Waals surface area contributed by atoms with Crippen molar-refractivity contribution in [3.63, 3.8) is 0 Å². The van der Waals surface area contributed by atoms with E-state index in [9.17, 15) is 4.79 Å². The molecule has 3 aromatic rings. The summed E-state index contributed by atoms with van der Waals surface area (Å²) in [5, 5.41) is 7.19. The topological polar surface area (TPSA) is 39.3 Å². The average Bonchev–Trinajstić information content (AvgIpc) is 3.05. The molecule has 1 N–H and O–H groups in total. The first-order valence-corrected chi connectivity index (χ1v) is 9.55. The SMILES string of the molecule is C[NH+]1CCCC1Cn1nc(Cc2ccc(Cl)cc2)c2ccccc2c1=O.[Cl-]. The number of rotatable bonds is 4. The summed E-state index contributed by atoms with van der Waals surface area (Å²) < 4.78 is 1.69. The molecule has 0 radical (unpaired) electrons. The van der Waals surface area contributed by atoms with Crippen LogP contribution in [0.1, 0.15) is 24.1 Å². The Hall–Kier alpha value is -1.88. The summed E-state index contributed by atoms with van der Waals surface area (Å²) in [6.07, 6.45) is 3.06. The fourth-order valence-corrected chi connectivity index (χ4v) is 4.01. The first-order chi connectivity index (χ1) is 12.6. The third-order valence-electron chi connectivity index (χ3n) is 5.44. The fraction of sp³-hybridized carbons (Fsp3) is 0.333. The number of nitrogens with one attached hydrogen (secondary N) is 1. The molecule has 27 heavy (non-hydrogen) atoms. The van der Waals surface area contributed by atoms with Gasteiger partial charge < -0.3 is 17.3 Å². The first-order valence-electron chi connectivity index (χ1n) is 9.17. The van der Waals surface area contributed by atoms with Crippen LogP contribution in [0.4, 0.5) is 0 Å². The molecular weight excluding hydrogens is 381 g/mol. The molecule has 0 amide bonds. The second kappa shape index (κ2) is 8.42. The van der Waals surface area contributed by atoms with Gasteiger partial charge in [-0.3, -0.25) is 4.79 Å². The Balaban J connectivity index is 0.00000210. The number of hydrogen-bond acceptors (Lipinski definition) is 2. The van der Waals surface area contributed by atoms with Crippen LogP contribution in [0, 0.1) is 0 Å². The molecule has 2 unspecified atom stereocenters. The summed E-state index contributed by atoms with van der Waals surface area (Å²) in [6, 6.07) is 16.1. The lowest BCUT2D eigenvalue weighted by Crippen LogP contribution is -3.11. The van der Waals surface area contributed by atoms with Gasteiger partial charge in [-0.2, -0.15) is 5.10 Å². The van der Waals surface area contributed by atoms with Crippen molar-refractivity contribution in [2.75, 3.05) is 13.6 Å². The van der Waals surface area contributed by atoms with Crippen LogP contribution in [-0.4, -0.2) is 29.4 Å². The summed E-state index contributed by atoms with van der Waals surface area (Å²) in [6.45, 7) is 1.85. The molecule has 1 aromatic heterocycles. The van der Waals surface area contributed by atoms with Crippen LogP contribution in [0.15, 0.2) is 53.3 Å². The van der Waals surface area contributed by atoms with E-state index >= 15 is 0 Å². The molecule has 0 spiro atoms. The van der Waals surface area contributed by atoms with Crippen LogP contribution in [-0.2, 0) is 13.0 Å². The monoisotopic (exact) mass is 403 g/mol. The second-order valence-corrected chi connectivity index (χ2v) is 7.65. The lowest BCUT2D eigenvalue weighted by atomic mass is 10.0. The minimum absolute atomic E-state index is 0. The molecule has 2 heterocycles. The van der Waals surface area contributed by atoms with Crippen LogP contribution in [0.5, 0.6) is 0 Å². The summed E-state index contributed by atoms with van der Waals surface area (Å²) in [5.74, 6) is 0. The number of aromatic nitrogens is 2. The van der Waals surface area contributed by atoms with Gasteiger partial charge >= 0.3 is 0 Å². The van der Waals surface area contributed by atoms with E-state index in [1.54, 1.807) is 4.68 Å². The van der Waals surface area contributed by atoms with Gasteiger partial charge in [0.2, 0.25) is 0 Å². The number of likely N-dealkylation sites (N-methyl/N-ethyl adjacent to an activating group) is 1. The molecule has 4 rings (SSSR count). The highest BCUT2D eigenvalue weighted by Crippen LogP contribution is 2.18. The highest BCUT2D eigenvalue weighted by molar-refractivity contribution is 6.30. The van der Waals surface area contributed by atoms with E-state index in [2.05, 4.69) is 7.05 Å². The van der Waals surface area contributed by atoms with Crippen LogP contribution < -0.4 is 22.9 Å². The van der Waals surface area contributed by atoms with Crippen molar-refractivity contribution < 1.29 is 17.3 Å².